The first-order valence-corrected chi connectivity index (χ1v) is 10.1. The van der Waals surface area contributed by atoms with E-state index in [4.69, 9.17) is 16.9 Å². The van der Waals surface area contributed by atoms with Gasteiger partial charge in [0.2, 0.25) is 0 Å². The van der Waals surface area contributed by atoms with Crippen molar-refractivity contribution < 1.29 is 18.0 Å². The van der Waals surface area contributed by atoms with Gasteiger partial charge in [0, 0.05) is 25.4 Å². The third-order valence-corrected chi connectivity index (χ3v) is 5.70. The van der Waals surface area contributed by atoms with Gasteiger partial charge in [-0.25, -0.2) is 4.98 Å². The Morgan fingerprint density at radius 1 is 1.27 bits per heavy atom. The second-order valence-electron chi connectivity index (χ2n) is 7.41. The molecule has 0 spiro atoms. The van der Waals surface area contributed by atoms with Gasteiger partial charge in [0.1, 0.15) is 23.4 Å². The second kappa shape index (κ2) is 9.05. The predicted octanol–water partition coefficient (Wildman–Crippen LogP) is 5.53. The molecule has 1 fully saturated rings. The summed E-state index contributed by atoms with van der Waals surface area (Å²) in [6.45, 7) is 3.08. The number of aromatic nitrogens is 1. The Labute approximate surface area is 178 Å². The molecule has 0 N–H and O–H groups in total. The first-order valence-electron chi connectivity index (χ1n) is 9.75. The fourth-order valence-electron chi connectivity index (χ4n) is 3.58. The van der Waals surface area contributed by atoms with Crippen molar-refractivity contribution in [1.29, 1.82) is 5.26 Å². The number of rotatable bonds is 6. The minimum atomic E-state index is -4.51. The molecule has 30 heavy (non-hydrogen) atoms. The molecule has 0 amide bonds. The van der Waals surface area contributed by atoms with Crippen molar-refractivity contribution in [2.75, 3.05) is 18.0 Å². The largest absolute Gasteiger partial charge is 0.433 e. The second-order valence-corrected chi connectivity index (χ2v) is 7.82. The summed E-state index contributed by atoms with van der Waals surface area (Å²) < 4.78 is 39.3. The number of alkyl halides is 3. The molecule has 2 aromatic rings. The molecule has 1 unspecified atom stereocenters. The lowest BCUT2D eigenvalue weighted by Crippen LogP contribution is -2.23. The molecule has 1 atom stereocenters. The lowest BCUT2D eigenvalue weighted by atomic mass is 9.92. The third-order valence-electron chi connectivity index (χ3n) is 5.39. The average molecular weight is 436 g/mol. The van der Waals surface area contributed by atoms with Crippen molar-refractivity contribution in [1.82, 2.24) is 4.98 Å². The predicted molar refractivity (Wildman–Crippen MR) is 109 cm³/mol. The summed E-state index contributed by atoms with van der Waals surface area (Å²) >= 11 is 6.06. The highest BCUT2D eigenvalue weighted by molar-refractivity contribution is 6.31. The Kier molecular flexibility index (Phi) is 6.67. The number of hydrogen-bond donors (Lipinski definition) is 0. The maximum atomic E-state index is 13.1. The van der Waals surface area contributed by atoms with Crippen LogP contribution in [0.5, 0.6) is 0 Å². The highest BCUT2D eigenvalue weighted by Crippen LogP contribution is 2.32. The summed E-state index contributed by atoms with van der Waals surface area (Å²) in [5.41, 5.74) is 0.767. The Morgan fingerprint density at radius 3 is 2.57 bits per heavy atom. The van der Waals surface area contributed by atoms with Gasteiger partial charge in [-0.15, -0.1) is 0 Å². The molecule has 0 saturated carbocycles. The van der Waals surface area contributed by atoms with Crippen LogP contribution in [0.1, 0.15) is 54.5 Å². The first kappa shape index (κ1) is 22.1. The Balaban J connectivity index is 1.76. The number of nitriles is 1. The van der Waals surface area contributed by atoms with E-state index < -0.39 is 17.8 Å². The molecule has 0 radical (unpaired) electrons. The van der Waals surface area contributed by atoms with Crippen LogP contribution < -0.4 is 4.90 Å². The molecule has 8 heteroatoms. The van der Waals surface area contributed by atoms with Crippen LogP contribution in [0.2, 0.25) is 5.02 Å². The van der Waals surface area contributed by atoms with Crippen LogP contribution >= 0.6 is 11.6 Å². The number of anilines is 1. The Morgan fingerprint density at radius 2 is 1.97 bits per heavy atom. The molecule has 1 aromatic carbocycles. The number of ketones is 1. The Bertz CT molecular complexity index is 979. The van der Waals surface area contributed by atoms with E-state index in [1.54, 1.807) is 25.1 Å². The number of hydrogen-bond acceptors (Lipinski definition) is 4. The summed E-state index contributed by atoms with van der Waals surface area (Å²) in [6.07, 6.45) is -2.21. The SMILES string of the molecule is CC(C(=O)CCc1ccc(C(F)(F)F)nc1N1CCCC1)c1ccc(C#N)c(Cl)c1. The zero-order valence-electron chi connectivity index (χ0n) is 16.5. The summed E-state index contributed by atoms with van der Waals surface area (Å²) in [7, 11) is 0. The fraction of sp³-hybridized carbons (Fsp3) is 0.409. The van der Waals surface area contributed by atoms with E-state index in [-0.39, 0.29) is 17.2 Å². The van der Waals surface area contributed by atoms with E-state index >= 15 is 0 Å². The van der Waals surface area contributed by atoms with Gasteiger partial charge in [0.05, 0.1) is 10.6 Å². The van der Waals surface area contributed by atoms with Crippen molar-refractivity contribution in [2.24, 2.45) is 0 Å². The average Bonchev–Trinajstić information content (AvgIpc) is 3.25. The number of aryl methyl sites for hydroxylation is 1. The highest BCUT2D eigenvalue weighted by Gasteiger charge is 2.34. The van der Waals surface area contributed by atoms with Crippen LogP contribution in [-0.4, -0.2) is 23.9 Å². The molecular formula is C22H21ClF3N3O. The number of carbonyl (C=O) groups is 1. The number of nitrogens with zero attached hydrogens (tertiary/aromatic N) is 3. The summed E-state index contributed by atoms with van der Waals surface area (Å²) in [5, 5.41) is 9.26. The zero-order chi connectivity index (χ0) is 21.9. The monoisotopic (exact) mass is 435 g/mol. The van der Waals surface area contributed by atoms with Crippen LogP contribution in [0.15, 0.2) is 30.3 Å². The molecular weight excluding hydrogens is 415 g/mol. The van der Waals surface area contributed by atoms with Crippen LogP contribution in [0.25, 0.3) is 0 Å². The number of benzene rings is 1. The normalized spacial score (nSPS) is 15.1. The van der Waals surface area contributed by atoms with Crippen LogP contribution in [0.3, 0.4) is 0 Å². The van der Waals surface area contributed by atoms with Gasteiger partial charge in [0.25, 0.3) is 0 Å². The van der Waals surface area contributed by atoms with Crippen LogP contribution in [0, 0.1) is 11.3 Å². The van der Waals surface area contributed by atoms with Crippen LogP contribution in [-0.2, 0) is 17.4 Å². The summed E-state index contributed by atoms with van der Waals surface area (Å²) in [4.78, 5) is 18.5. The molecule has 1 saturated heterocycles. The standard InChI is InChI=1S/C22H21ClF3N3O/c1-14(16-4-5-17(13-27)18(23)12-16)19(30)8-6-15-7-9-20(22(24,25)26)28-21(15)29-10-2-3-11-29/h4-5,7,9,12,14H,2-3,6,8,10-11H2,1H3. The van der Waals surface area contributed by atoms with E-state index in [0.717, 1.165) is 18.9 Å². The molecule has 1 aliphatic heterocycles. The minimum Gasteiger partial charge on any atom is -0.356 e. The van der Waals surface area contributed by atoms with E-state index in [1.807, 2.05) is 11.0 Å². The molecule has 1 aromatic heterocycles. The van der Waals surface area contributed by atoms with Crippen molar-refractivity contribution >= 4 is 23.2 Å². The van der Waals surface area contributed by atoms with E-state index in [0.29, 0.717) is 42.0 Å². The van der Waals surface area contributed by atoms with Gasteiger partial charge < -0.3 is 4.90 Å². The quantitative estimate of drug-likeness (QED) is 0.598. The fourth-order valence-corrected chi connectivity index (χ4v) is 3.82. The van der Waals surface area contributed by atoms with E-state index in [1.165, 1.54) is 6.07 Å². The number of Topliss-reactive ketones (excluding diaryl/α,β-unsaturated/α-hetero) is 1. The van der Waals surface area contributed by atoms with Gasteiger partial charge in [-0.05, 0) is 48.6 Å². The van der Waals surface area contributed by atoms with Crippen molar-refractivity contribution in [3.8, 4) is 6.07 Å². The van der Waals surface area contributed by atoms with E-state index in [2.05, 4.69) is 4.98 Å². The Hall–Kier alpha value is -2.59. The van der Waals surface area contributed by atoms with Gasteiger partial charge in [-0.1, -0.05) is 30.7 Å². The van der Waals surface area contributed by atoms with Gasteiger partial charge in [-0.3, -0.25) is 4.79 Å². The highest BCUT2D eigenvalue weighted by atomic mass is 35.5. The number of halogens is 4. The maximum Gasteiger partial charge on any atom is 0.433 e. The molecule has 0 bridgehead atoms. The molecule has 1 aliphatic rings. The first-order chi connectivity index (χ1) is 14.2. The third kappa shape index (κ3) is 4.93. The van der Waals surface area contributed by atoms with Crippen molar-refractivity contribution in [3.05, 3.63) is 57.7 Å². The van der Waals surface area contributed by atoms with Gasteiger partial charge in [-0.2, -0.15) is 18.4 Å². The zero-order valence-corrected chi connectivity index (χ0v) is 17.2. The molecule has 0 aliphatic carbocycles. The smallest absolute Gasteiger partial charge is 0.356 e. The van der Waals surface area contributed by atoms with Crippen LogP contribution in [0.4, 0.5) is 19.0 Å². The van der Waals surface area contributed by atoms with Gasteiger partial charge in [0.15, 0.2) is 0 Å². The molecule has 2 heterocycles. The molecule has 4 nitrogen and oxygen atoms in total. The minimum absolute atomic E-state index is 0.0527. The van der Waals surface area contributed by atoms with Crippen molar-refractivity contribution in [2.45, 2.75) is 44.7 Å². The summed E-state index contributed by atoms with van der Waals surface area (Å²) in [6, 6.07) is 9.26. The summed E-state index contributed by atoms with van der Waals surface area (Å²) in [5.74, 6) is -0.167. The van der Waals surface area contributed by atoms with Gasteiger partial charge >= 0.3 is 6.18 Å². The molecule has 158 valence electrons. The van der Waals surface area contributed by atoms with Crippen molar-refractivity contribution in [3.63, 3.8) is 0 Å². The maximum absolute atomic E-state index is 13.1. The lowest BCUT2D eigenvalue weighted by molar-refractivity contribution is -0.141. The number of pyridine rings is 1. The van der Waals surface area contributed by atoms with E-state index in [9.17, 15) is 18.0 Å². The molecule has 3 rings (SSSR count). The number of carbonyl (C=O) groups excluding carboxylic acids is 1. The topological polar surface area (TPSA) is 57.0 Å². The lowest BCUT2D eigenvalue weighted by Gasteiger charge is -2.22.